The molecule has 1 N–H and O–H groups in total. The monoisotopic (exact) mass is 275 g/mol. The van der Waals surface area contributed by atoms with E-state index in [1.165, 1.54) is 31.2 Å². The fraction of sp³-hybridized carbons (Fsp3) is 0.647. The lowest BCUT2D eigenvalue weighted by atomic mass is 10.1. The predicted octanol–water partition coefficient (Wildman–Crippen LogP) is 3.31. The summed E-state index contributed by atoms with van der Waals surface area (Å²) in [5, 5.41) is 3.45. The van der Waals surface area contributed by atoms with Crippen molar-refractivity contribution >= 4 is 0 Å². The van der Waals surface area contributed by atoms with Crippen LogP contribution in [0.15, 0.2) is 18.2 Å². The van der Waals surface area contributed by atoms with Crippen LogP contribution in [0, 0.1) is 0 Å². The summed E-state index contributed by atoms with van der Waals surface area (Å²) in [5.41, 5.74) is 1.32. The summed E-state index contributed by atoms with van der Waals surface area (Å²) in [6.07, 6.45) is 6.60. The molecule has 1 aromatic carbocycles. The fourth-order valence-electron chi connectivity index (χ4n) is 2.13. The Hall–Kier alpha value is -1.22. The van der Waals surface area contributed by atoms with E-state index in [9.17, 15) is 0 Å². The van der Waals surface area contributed by atoms with Gasteiger partial charge in [-0.05, 0) is 56.3 Å². The van der Waals surface area contributed by atoms with Crippen LogP contribution in [0.25, 0.3) is 0 Å². The van der Waals surface area contributed by atoms with Gasteiger partial charge in [0, 0.05) is 6.04 Å². The van der Waals surface area contributed by atoms with Gasteiger partial charge in [-0.1, -0.05) is 19.9 Å². The van der Waals surface area contributed by atoms with Crippen molar-refractivity contribution in [2.24, 2.45) is 0 Å². The van der Waals surface area contributed by atoms with Gasteiger partial charge in [-0.2, -0.15) is 0 Å². The molecule has 0 saturated heterocycles. The molecule has 0 heterocycles. The Morgan fingerprint density at radius 2 is 1.70 bits per heavy atom. The van der Waals surface area contributed by atoms with Gasteiger partial charge in [0.25, 0.3) is 0 Å². The highest BCUT2D eigenvalue weighted by Gasteiger charge is 2.28. The van der Waals surface area contributed by atoms with E-state index in [4.69, 9.17) is 9.47 Å². The zero-order valence-corrected chi connectivity index (χ0v) is 12.5. The number of nitrogens with one attached hydrogen (secondary N) is 1. The summed E-state index contributed by atoms with van der Waals surface area (Å²) in [6.45, 7) is 5.35. The van der Waals surface area contributed by atoms with Crippen molar-refractivity contribution in [1.82, 2.24) is 5.32 Å². The maximum atomic E-state index is 6.01. The van der Waals surface area contributed by atoms with E-state index in [1.54, 1.807) is 0 Å². The number of rotatable bonds is 8. The molecule has 1 aromatic rings. The average molecular weight is 275 g/mol. The van der Waals surface area contributed by atoms with Gasteiger partial charge in [0.1, 0.15) is 0 Å². The van der Waals surface area contributed by atoms with Crippen molar-refractivity contribution in [2.75, 3.05) is 6.54 Å². The lowest BCUT2D eigenvalue weighted by Crippen LogP contribution is -2.24. The molecule has 2 saturated carbocycles. The highest BCUT2D eigenvalue weighted by Crippen LogP contribution is 2.37. The third kappa shape index (κ3) is 4.14. The van der Waals surface area contributed by atoms with Crippen molar-refractivity contribution in [1.29, 1.82) is 0 Å². The van der Waals surface area contributed by atoms with Crippen LogP contribution in [0.5, 0.6) is 11.5 Å². The second-order valence-electron chi connectivity index (χ2n) is 6.27. The van der Waals surface area contributed by atoms with Gasteiger partial charge in [-0.3, -0.25) is 0 Å². The zero-order chi connectivity index (χ0) is 13.9. The van der Waals surface area contributed by atoms with E-state index in [0.29, 0.717) is 18.2 Å². The topological polar surface area (TPSA) is 30.5 Å². The molecule has 0 bridgehead atoms. The average Bonchev–Trinajstić information content (AvgIpc) is 3.27. The molecule has 2 aliphatic rings. The van der Waals surface area contributed by atoms with Crippen LogP contribution in [-0.2, 0) is 6.42 Å². The van der Waals surface area contributed by atoms with Gasteiger partial charge in [-0.15, -0.1) is 0 Å². The van der Waals surface area contributed by atoms with Gasteiger partial charge in [0.05, 0.1) is 12.2 Å². The van der Waals surface area contributed by atoms with Crippen LogP contribution in [0.4, 0.5) is 0 Å². The predicted molar refractivity (Wildman–Crippen MR) is 80.6 cm³/mol. The van der Waals surface area contributed by atoms with Gasteiger partial charge < -0.3 is 14.8 Å². The summed E-state index contributed by atoms with van der Waals surface area (Å²) in [4.78, 5) is 0. The molecular formula is C17H25NO2. The summed E-state index contributed by atoms with van der Waals surface area (Å²) in [5.74, 6) is 1.88. The van der Waals surface area contributed by atoms with E-state index in [2.05, 4.69) is 37.4 Å². The van der Waals surface area contributed by atoms with E-state index >= 15 is 0 Å². The van der Waals surface area contributed by atoms with E-state index in [-0.39, 0.29) is 0 Å². The highest BCUT2D eigenvalue weighted by molar-refractivity contribution is 5.44. The largest absolute Gasteiger partial charge is 0.487 e. The molecule has 110 valence electrons. The minimum Gasteiger partial charge on any atom is -0.487 e. The molecule has 0 unspecified atom stereocenters. The molecule has 20 heavy (non-hydrogen) atoms. The van der Waals surface area contributed by atoms with Crippen LogP contribution in [0.3, 0.4) is 0 Å². The fourth-order valence-corrected chi connectivity index (χ4v) is 2.13. The molecular weight excluding hydrogens is 250 g/mol. The number of ether oxygens (including phenoxy) is 2. The molecule has 3 nitrogen and oxygen atoms in total. The molecule has 2 fully saturated rings. The summed E-state index contributed by atoms with van der Waals surface area (Å²) in [6, 6.07) is 6.95. The SMILES string of the molecule is CC(C)NCCc1ccc(OC2CC2)c(OC2CC2)c1. The number of hydrogen-bond donors (Lipinski definition) is 1. The molecule has 3 rings (SSSR count). The second kappa shape index (κ2) is 6.04. The minimum absolute atomic E-state index is 0.417. The van der Waals surface area contributed by atoms with Crippen molar-refractivity contribution in [2.45, 2.75) is 64.2 Å². The van der Waals surface area contributed by atoms with Gasteiger partial charge >= 0.3 is 0 Å². The smallest absolute Gasteiger partial charge is 0.161 e. The standard InChI is InChI=1S/C17H25NO2/c1-12(2)18-10-9-13-3-8-16(19-14-4-5-14)17(11-13)20-15-6-7-15/h3,8,11-12,14-15,18H,4-7,9-10H2,1-2H3. The Morgan fingerprint density at radius 1 is 1.05 bits per heavy atom. The first-order chi connectivity index (χ1) is 9.70. The van der Waals surface area contributed by atoms with E-state index in [0.717, 1.165) is 24.5 Å². The maximum Gasteiger partial charge on any atom is 0.161 e. The molecule has 2 aliphatic carbocycles. The molecule has 3 heteroatoms. The third-order valence-electron chi connectivity index (χ3n) is 3.61. The molecule has 0 aliphatic heterocycles. The van der Waals surface area contributed by atoms with Gasteiger partial charge in [-0.25, -0.2) is 0 Å². The highest BCUT2D eigenvalue weighted by atomic mass is 16.5. The lowest BCUT2D eigenvalue weighted by molar-refractivity contribution is 0.253. The Bertz CT molecular complexity index is 450. The quantitative estimate of drug-likeness (QED) is 0.789. The van der Waals surface area contributed by atoms with Crippen LogP contribution >= 0.6 is 0 Å². The third-order valence-corrected chi connectivity index (χ3v) is 3.61. The van der Waals surface area contributed by atoms with Crippen molar-refractivity contribution in [3.05, 3.63) is 23.8 Å². The minimum atomic E-state index is 0.417. The van der Waals surface area contributed by atoms with Gasteiger partial charge in [0.2, 0.25) is 0 Å². The first kappa shape index (κ1) is 13.7. The van der Waals surface area contributed by atoms with Crippen LogP contribution in [-0.4, -0.2) is 24.8 Å². The maximum absolute atomic E-state index is 6.01. The Labute approximate surface area is 121 Å². The van der Waals surface area contributed by atoms with Crippen LogP contribution in [0.1, 0.15) is 45.1 Å². The van der Waals surface area contributed by atoms with Gasteiger partial charge in [0.15, 0.2) is 11.5 Å². The molecule has 0 radical (unpaired) electrons. The van der Waals surface area contributed by atoms with Crippen molar-refractivity contribution in [3.63, 3.8) is 0 Å². The van der Waals surface area contributed by atoms with Crippen LogP contribution < -0.4 is 14.8 Å². The zero-order valence-electron chi connectivity index (χ0n) is 12.5. The summed E-state index contributed by atoms with van der Waals surface area (Å²) in [7, 11) is 0. The normalized spacial score (nSPS) is 18.4. The lowest BCUT2D eigenvalue weighted by Gasteiger charge is -2.14. The van der Waals surface area contributed by atoms with Crippen molar-refractivity contribution in [3.8, 4) is 11.5 Å². The Kier molecular flexibility index (Phi) is 4.16. The van der Waals surface area contributed by atoms with Crippen molar-refractivity contribution < 1.29 is 9.47 Å². The number of benzene rings is 1. The van der Waals surface area contributed by atoms with E-state index < -0.39 is 0 Å². The molecule has 0 amide bonds. The van der Waals surface area contributed by atoms with Crippen LogP contribution in [0.2, 0.25) is 0 Å². The number of hydrogen-bond acceptors (Lipinski definition) is 3. The first-order valence-corrected chi connectivity index (χ1v) is 7.90. The Balaban J connectivity index is 1.64. The molecule has 0 atom stereocenters. The Morgan fingerprint density at radius 3 is 2.30 bits per heavy atom. The molecule has 0 aromatic heterocycles. The summed E-state index contributed by atoms with van der Waals surface area (Å²) < 4.78 is 11.9. The van der Waals surface area contributed by atoms with E-state index in [1.807, 2.05) is 0 Å². The second-order valence-corrected chi connectivity index (χ2v) is 6.27. The first-order valence-electron chi connectivity index (χ1n) is 7.90. The molecule has 0 spiro atoms. The summed E-state index contributed by atoms with van der Waals surface area (Å²) >= 11 is 0.